The van der Waals surface area contributed by atoms with Crippen molar-refractivity contribution in [1.82, 2.24) is 14.5 Å². The molecule has 32 heavy (non-hydrogen) atoms. The number of halogens is 5. The monoisotopic (exact) mass is 574 g/mol. The largest absolute Gasteiger partial charge is 0.416 e. The Kier molecular flexibility index (Phi) is 6.32. The number of hydrogen-bond donors (Lipinski definition) is 1. The Bertz CT molecular complexity index is 1160. The van der Waals surface area contributed by atoms with E-state index in [1.165, 1.54) is 0 Å². The molecule has 0 atom stereocenters. The van der Waals surface area contributed by atoms with Gasteiger partial charge in [-0.15, -0.1) is 0 Å². The molecule has 0 bridgehead atoms. The molecule has 1 aliphatic rings. The van der Waals surface area contributed by atoms with Crippen LogP contribution in [0.3, 0.4) is 0 Å². The molecule has 4 rings (SSSR count). The zero-order valence-electron chi connectivity index (χ0n) is 17.9. The van der Waals surface area contributed by atoms with Crippen LogP contribution in [-0.2, 0) is 6.18 Å². The second-order valence-corrected chi connectivity index (χ2v) is 9.95. The molecule has 3 aromatic rings. The zero-order valence-corrected chi connectivity index (χ0v) is 21.1. The molecule has 1 aromatic carbocycles. The topological polar surface area (TPSA) is 54.2 Å². The minimum absolute atomic E-state index is 0.191. The van der Waals surface area contributed by atoms with E-state index in [1.807, 2.05) is 25.3 Å². The number of aryl methyl sites for hydroxylation is 2. The highest BCUT2D eigenvalue weighted by atomic mass is 79.9. The van der Waals surface area contributed by atoms with Crippen LogP contribution < -0.4 is 4.90 Å². The fourth-order valence-corrected chi connectivity index (χ4v) is 5.86. The summed E-state index contributed by atoms with van der Waals surface area (Å²) in [6, 6.07) is 2.19. The van der Waals surface area contributed by atoms with Crippen molar-refractivity contribution in [1.29, 1.82) is 0 Å². The lowest BCUT2D eigenvalue weighted by Crippen LogP contribution is -2.35. The van der Waals surface area contributed by atoms with Crippen LogP contribution >= 0.6 is 31.9 Å². The number of rotatable bonds is 3. The van der Waals surface area contributed by atoms with Crippen LogP contribution in [0.4, 0.5) is 19.0 Å². The lowest BCUT2D eigenvalue weighted by Gasteiger charge is -2.32. The molecule has 1 saturated heterocycles. The fraction of sp³-hybridized carbons (Fsp3) is 0.455. The van der Waals surface area contributed by atoms with Crippen molar-refractivity contribution in [3.05, 3.63) is 43.7 Å². The molecule has 0 spiro atoms. The zero-order chi connectivity index (χ0) is 23.4. The lowest BCUT2D eigenvalue weighted by molar-refractivity contribution is -0.137. The van der Waals surface area contributed by atoms with E-state index in [-0.39, 0.29) is 6.61 Å². The Morgan fingerprint density at radius 2 is 1.66 bits per heavy atom. The molecule has 2 aromatic heterocycles. The predicted octanol–water partition coefficient (Wildman–Crippen LogP) is 6.10. The Morgan fingerprint density at radius 3 is 2.19 bits per heavy atom. The lowest BCUT2D eigenvalue weighted by atomic mass is 9.97. The minimum Gasteiger partial charge on any atom is -0.396 e. The van der Waals surface area contributed by atoms with Crippen LogP contribution in [0.15, 0.2) is 21.1 Å². The highest BCUT2D eigenvalue weighted by Crippen LogP contribution is 2.42. The van der Waals surface area contributed by atoms with Crippen LogP contribution in [0.5, 0.6) is 0 Å². The highest BCUT2D eigenvalue weighted by molar-refractivity contribution is 9.11. The summed E-state index contributed by atoms with van der Waals surface area (Å²) in [5.74, 6) is 1.73. The van der Waals surface area contributed by atoms with E-state index in [1.54, 1.807) is 0 Å². The van der Waals surface area contributed by atoms with E-state index >= 15 is 0 Å². The molecule has 0 radical (unpaired) electrons. The van der Waals surface area contributed by atoms with Gasteiger partial charge in [-0.05, 0) is 89.1 Å². The number of nitrogens with zero attached hydrogens (tertiary/aromatic N) is 4. The van der Waals surface area contributed by atoms with Crippen molar-refractivity contribution in [3.63, 3.8) is 0 Å². The molecule has 0 amide bonds. The summed E-state index contributed by atoms with van der Waals surface area (Å²) in [7, 11) is 0. The van der Waals surface area contributed by atoms with Crippen molar-refractivity contribution in [2.45, 2.75) is 39.8 Å². The van der Waals surface area contributed by atoms with E-state index in [0.717, 1.165) is 60.5 Å². The van der Waals surface area contributed by atoms with Crippen molar-refractivity contribution in [2.24, 2.45) is 5.92 Å². The standard InChI is InChI=1S/C22H23Br2F3N4O/c1-11-12(2)31(19-16(23)8-15(9-17(19)24)22(25,26)27)21-18(11)20(28-13(3)29-21)30-6-4-14(10-32)5-7-30/h8-9,14,32H,4-7,10H2,1-3H3. The number of piperidine rings is 1. The van der Waals surface area contributed by atoms with Crippen LogP contribution in [0.25, 0.3) is 16.7 Å². The van der Waals surface area contributed by atoms with Crippen molar-refractivity contribution in [3.8, 4) is 5.69 Å². The van der Waals surface area contributed by atoms with Gasteiger partial charge in [-0.3, -0.25) is 4.57 Å². The van der Waals surface area contributed by atoms with Crippen molar-refractivity contribution < 1.29 is 18.3 Å². The maximum atomic E-state index is 13.3. The van der Waals surface area contributed by atoms with E-state index in [9.17, 15) is 18.3 Å². The summed E-state index contributed by atoms with van der Waals surface area (Å²) in [6.45, 7) is 7.51. The first-order valence-corrected chi connectivity index (χ1v) is 11.9. The Labute approximate surface area is 200 Å². The molecule has 1 N–H and O–H groups in total. The summed E-state index contributed by atoms with van der Waals surface area (Å²) in [4.78, 5) is 11.7. The second-order valence-electron chi connectivity index (χ2n) is 8.24. The van der Waals surface area contributed by atoms with Gasteiger partial charge in [0.2, 0.25) is 0 Å². The van der Waals surface area contributed by atoms with E-state index < -0.39 is 11.7 Å². The van der Waals surface area contributed by atoms with Gasteiger partial charge < -0.3 is 10.0 Å². The maximum absolute atomic E-state index is 13.3. The second kappa shape index (κ2) is 8.61. The Hall–Kier alpha value is -1.65. The summed E-state index contributed by atoms with van der Waals surface area (Å²) < 4.78 is 42.4. The quantitative estimate of drug-likeness (QED) is 0.410. The van der Waals surface area contributed by atoms with Gasteiger partial charge in [0.05, 0.1) is 16.6 Å². The molecule has 10 heteroatoms. The molecule has 3 heterocycles. The SMILES string of the molecule is Cc1nc(N2CCC(CO)CC2)c2c(C)c(C)n(-c3c(Br)cc(C(F)(F)F)cc3Br)c2n1. The van der Waals surface area contributed by atoms with Crippen LogP contribution in [0.2, 0.25) is 0 Å². The van der Waals surface area contributed by atoms with Gasteiger partial charge in [-0.25, -0.2) is 9.97 Å². The Morgan fingerprint density at radius 1 is 1.06 bits per heavy atom. The smallest absolute Gasteiger partial charge is 0.396 e. The van der Waals surface area contributed by atoms with E-state index in [2.05, 4.69) is 36.8 Å². The number of aromatic nitrogens is 3. The van der Waals surface area contributed by atoms with Gasteiger partial charge in [0.15, 0.2) is 5.65 Å². The number of fused-ring (bicyclic) bond motifs is 1. The first kappa shape index (κ1) is 23.5. The van der Waals surface area contributed by atoms with Gasteiger partial charge in [0, 0.05) is 34.3 Å². The fourth-order valence-electron chi connectivity index (χ4n) is 4.32. The number of aliphatic hydroxyl groups excluding tert-OH is 1. The first-order valence-electron chi connectivity index (χ1n) is 10.3. The molecule has 1 fully saturated rings. The normalized spacial score (nSPS) is 15.7. The van der Waals surface area contributed by atoms with Crippen molar-refractivity contribution >= 4 is 48.7 Å². The summed E-state index contributed by atoms with van der Waals surface area (Å²) in [5, 5.41) is 10.4. The predicted molar refractivity (Wildman–Crippen MR) is 126 cm³/mol. The van der Waals surface area contributed by atoms with Crippen LogP contribution in [-0.4, -0.2) is 39.3 Å². The van der Waals surface area contributed by atoms with Gasteiger partial charge in [0.1, 0.15) is 11.6 Å². The average Bonchev–Trinajstić information content (AvgIpc) is 2.97. The first-order chi connectivity index (χ1) is 15.0. The van der Waals surface area contributed by atoms with Crippen LogP contribution in [0.1, 0.15) is 35.5 Å². The minimum atomic E-state index is -4.44. The molecule has 0 saturated carbocycles. The van der Waals surface area contributed by atoms with Gasteiger partial charge in [-0.1, -0.05) is 0 Å². The molecule has 0 aliphatic carbocycles. The molecular formula is C22H23Br2F3N4O. The third kappa shape index (κ3) is 4.05. The van der Waals surface area contributed by atoms with E-state index in [4.69, 9.17) is 9.97 Å². The van der Waals surface area contributed by atoms with Gasteiger partial charge >= 0.3 is 6.18 Å². The maximum Gasteiger partial charge on any atom is 0.416 e. The average molecular weight is 576 g/mol. The molecule has 0 unspecified atom stereocenters. The summed E-state index contributed by atoms with van der Waals surface area (Å²) >= 11 is 6.71. The number of benzene rings is 1. The van der Waals surface area contributed by atoms with Crippen molar-refractivity contribution in [2.75, 3.05) is 24.6 Å². The summed E-state index contributed by atoms with van der Waals surface area (Å²) in [5.41, 5.74) is 2.36. The summed E-state index contributed by atoms with van der Waals surface area (Å²) in [6.07, 6.45) is -2.68. The number of alkyl halides is 3. The number of anilines is 1. The third-order valence-corrected chi connectivity index (χ3v) is 7.40. The Balaban J connectivity index is 1.92. The van der Waals surface area contributed by atoms with Gasteiger partial charge in [-0.2, -0.15) is 13.2 Å². The molecule has 1 aliphatic heterocycles. The molecular weight excluding hydrogens is 553 g/mol. The number of aliphatic hydroxyl groups is 1. The molecule has 172 valence electrons. The van der Waals surface area contributed by atoms with E-state index in [0.29, 0.717) is 32.0 Å². The highest BCUT2D eigenvalue weighted by Gasteiger charge is 2.33. The number of hydrogen-bond acceptors (Lipinski definition) is 4. The van der Waals surface area contributed by atoms with Crippen LogP contribution in [0, 0.1) is 26.7 Å². The molecule has 5 nitrogen and oxygen atoms in total. The van der Waals surface area contributed by atoms with Gasteiger partial charge in [0.25, 0.3) is 0 Å². The third-order valence-electron chi connectivity index (χ3n) is 6.19.